The van der Waals surface area contributed by atoms with Gasteiger partial charge < -0.3 is 10.2 Å². The third-order valence-corrected chi connectivity index (χ3v) is 4.05. The van der Waals surface area contributed by atoms with Crippen LogP contribution in [0.4, 0.5) is 5.69 Å². The molecule has 0 radical (unpaired) electrons. The van der Waals surface area contributed by atoms with E-state index in [0.717, 1.165) is 18.3 Å². The van der Waals surface area contributed by atoms with Gasteiger partial charge in [-0.25, -0.2) is 13.2 Å². The second-order valence-corrected chi connectivity index (χ2v) is 5.65. The minimum Gasteiger partial charge on any atom is -0.507 e. The number of nitrogens with zero attached hydrogens (tertiary/aromatic N) is 1. The van der Waals surface area contributed by atoms with E-state index in [1.165, 1.54) is 6.07 Å². The van der Waals surface area contributed by atoms with E-state index in [9.17, 15) is 18.3 Å². The Labute approximate surface area is 114 Å². The molecule has 0 aliphatic carbocycles. The van der Waals surface area contributed by atoms with Gasteiger partial charge in [0.15, 0.2) is 0 Å². The first-order chi connectivity index (χ1) is 9.31. The van der Waals surface area contributed by atoms with E-state index in [1.54, 1.807) is 6.92 Å². The van der Waals surface area contributed by atoms with Gasteiger partial charge in [-0.2, -0.15) is 5.10 Å². The molecule has 20 heavy (non-hydrogen) atoms. The molecule has 0 spiro atoms. The molecule has 9 heteroatoms. The van der Waals surface area contributed by atoms with E-state index >= 15 is 0 Å². The average molecular weight is 297 g/mol. The number of sulfonamides is 1. The number of aromatic carboxylic acids is 1. The number of phenols is 1. The fourth-order valence-electron chi connectivity index (χ4n) is 1.60. The Morgan fingerprint density at radius 1 is 1.40 bits per heavy atom. The van der Waals surface area contributed by atoms with E-state index in [0.29, 0.717) is 5.69 Å². The number of carboxylic acid groups (broad SMARTS) is 1. The molecule has 2 aromatic rings. The number of carbonyl (C=O) groups is 1. The van der Waals surface area contributed by atoms with Crippen molar-refractivity contribution in [1.29, 1.82) is 0 Å². The normalized spacial score (nSPS) is 11.2. The van der Waals surface area contributed by atoms with Gasteiger partial charge in [-0.05, 0) is 19.1 Å². The minimum atomic E-state index is -3.85. The van der Waals surface area contributed by atoms with E-state index < -0.39 is 21.7 Å². The quantitative estimate of drug-likeness (QED) is 0.663. The summed E-state index contributed by atoms with van der Waals surface area (Å²) >= 11 is 0. The highest BCUT2D eigenvalue weighted by molar-refractivity contribution is 7.92. The highest BCUT2D eigenvalue weighted by atomic mass is 32.2. The van der Waals surface area contributed by atoms with Crippen LogP contribution in [-0.4, -0.2) is 34.8 Å². The van der Waals surface area contributed by atoms with Crippen molar-refractivity contribution >= 4 is 21.7 Å². The molecule has 1 heterocycles. The number of aromatic nitrogens is 2. The van der Waals surface area contributed by atoms with Crippen molar-refractivity contribution in [3.05, 3.63) is 35.7 Å². The van der Waals surface area contributed by atoms with Gasteiger partial charge in [0.05, 0.1) is 17.6 Å². The number of hydrogen-bond donors (Lipinski definition) is 4. The van der Waals surface area contributed by atoms with Crippen LogP contribution >= 0.6 is 0 Å². The topological polar surface area (TPSA) is 132 Å². The Hall–Kier alpha value is -2.55. The molecule has 0 saturated carbocycles. The molecule has 0 aliphatic rings. The van der Waals surface area contributed by atoms with Crippen LogP contribution in [0, 0.1) is 6.92 Å². The van der Waals surface area contributed by atoms with Gasteiger partial charge in [0.1, 0.15) is 16.2 Å². The molecule has 1 aromatic carbocycles. The first-order valence-electron chi connectivity index (χ1n) is 5.40. The largest absolute Gasteiger partial charge is 0.507 e. The molecule has 8 nitrogen and oxygen atoms in total. The first-order valence-corrected chi connectivity index (χ1v) is 6.88. The van der Waals surface area contributed by atoms with Gasteiger partial charge >= 0.3 is 5.97 Å². The van der Waals surface area contributed by atoms with Crippen LogP contribution in [0.1, 0.15) is 16.1 Å². The van der Waals surface area contributed by atoms with Crippen molar-refractivity contribution in [2.24, 2.45) is 0 Å². The lowest BCUT2D eigenvalue weighted by molar-refractivity contribution is 0.0694. The van der Waals surface area contributed by atoms with Gasteiger partial charge in [-0.3, -0.25) is 9.82 Å². The zero-order valence-corrected chi connectivity index (χ0v) is 11.1. The molecule has 4 N–H and O–H groups in total. The molecule has 0 fully saturated rings. The number of anilines is 1. The van der Waals surface area contributed by atoms with E-state index in [1.807, 2.05) is 0 Å². The van der Waals surface area contributed by atoms with Crippen molar-refractivity contribution in [3.63, 3.8) is 0 Å². The maximum Gasteiger partial charge on any atom is 0.339 e. The smallest absolute Gasteiger partial charge is 0.339 e. The molecule has 106 valence electrons. The number of rotatable bonds is 4. The maximum absolute atomic E-state index is 12.0. The summed E-state index contributed by atoms with van der Waals surface area (Å²) in [7, 11) is -3.85. The summed E-state index contributed by atoms with van der Waals surface area (Å²) in [5, 5.41) is 24.4. The molecule has 1 aromatic heterocycles. The summed E-state index contributed by atoms with van der Waals surface area (Å²) in [6, 6.07) is 3.38. The van der Waals surface area contributed by atoms with Crippen LogP contribution in [0.2, 0.25) is 0 Å². The van der Waals surface area contributed by atoms with Crippen LogP contribution in [0.5, 0.6) is 5.75 Å². The lowest BCUT2D eigenvalue weighted by Crippen LogP contribution is -2.13. The molecular weight excluding hydrogens is 286 g/mol. The predicted molar refractivity (Wildman–Crippen MR) is 69.2 cm³/mol. The standard InChI is InChI=1S/C11H11N3O5S/c1-6-10(5-12-13-6)20(18,19)14-7-2-3-8(11(16)17)9(15)4-7/h2-5,14-15H,1H3,(H,12,13)(H,16,17). The van der Waals surface area contributed by atoms with Crippen LogP contribution in [-0.2, 0) is 10.0 Å². The summed E-state index contributed by atoms with van der Waals surface area (Å²) in [6.45, 7) is 1.55. The SMILES string of the molecule is Cc1[nH]ncc1S(=O)(=O)Nc1ccc(C(=O)O)c(O)c1. The maximum atomic E-state index is 12.0. The number of aryl methyl sites for hydroxylation is 1. The highest BCUT2D eigenvalue weighted by Crippen LogP contribution is 2.24. The molecular formula is C11H11N3O5S. The van der Waals surface area contributed by atoms with Gasteiger partial charge in [0.25, 0.3) is 10.0 Å². The third kappa shape index (κ3) is 2.57. The molecule has 0 atom stereocenters. The van der Waals surface area contributed by atoms with Crippen LogP contribution < -0.4 is 4.72 Å². The molecule has 0 saturated heterocycles. The lowest BCUT2D eigenvalue weighted by atomic mass is 10.2. The van der Waals surface area contributed by atoms with Crippen molar-refractivity contribution in [3.8, 4) is 5.75 Å². The first kappa shape index (κ1) is 13.9. The van der Waals surface area contributed by atoms with E-state index in [4.69, 9.17) is 5.11 Å². The summed E-state index contributed by atoms with van der Waals surface area (Å²) in [4.78, 5) is 10.7. The molecule has 2 rings (SSSR count). The average Bonchev–Trinajstić information content (AvgIpc) is 2.75. The summed E-state index contributed by atoms with van der Waals surface area (Å²) in [5.41, 5.74) is 0.101. The van der Waals surface area contributed by atoms with E-state index in [2.05, 4.69) is 14.9 Å². The Morgan fingerprint density at radius 2 is 2.10 bits per heavy atom. The second-order valence-electron chi connectivity index (χ2n) is 4.00. The van der Waals surface area contributed by atoms with Crippen LogP contribution in [0.3, 0.4) is 0 Å². The van der Waals surface area contributed by atoms with Gasteiger partial charge in [0.2, 0.25) is 0 Å². The van der Waals surface area contributed by atoms with Crippen molar-refractivity contribution in [2.45, 2.75) is 11.8 Å². The summed E-state index contributed by atoms with van der Waals surface area (Å²) in [5.74, 6) is -1.83. The fraction of sp³-hybridized carbons (Fsp3) is 0.0909. The molecule has 0 bridgehead atoms. The Morgan fingerprint density at radius 3 is 2.60 bits per heavy atom. The number of carboxylic acids is 1. The van der Waals surface area contributed by atoms with Crippen LogP contribution in [0.25, 0.3) is 0 Å². The lowest BCUT2D eigenvalue weighted by Gasteiger charge is -2.08. The Balaban J connectivity index is 2.33. The van der Waals surface area contributed by atoms with Gasteiger partial charge in [-0.1, -0.05) is 0 Å². The second kappa shape index (κ2) is 4.85. The highest BCUT2D eigenvalue weighted by Gasteiger charge is 2.19. The molecule has 0 aliphatic heterocycles. The molecule has 0 unspecified atom stereocenters. The summed E-state index contributed by atoms with van der Waals surface area (Å²) < 4.78 is 26.3. The monoisotopic (exact) mass is 297 g/mol. The van der Waals surface area contributed by atoms with E-state index in [-0.39, 0.29) is 16.1 Å². The number of benzene rings is 1. The third-order valence-electron chi connectivity index (χ3n) is 2.55. The van der Waals surface area contributed by atoms with Crippen molar-refractivity contribution in [2.75, 3.05) is 4.72 Å². The van der Waals surface area contributed by atoms with Crippen molar-refractivity contribution < 1.29 is 23.4 Å². The zero-order valence-electron chi connectivity index (χ0n) is 10.3. The fourth-order valence-corrected chi connectivity index (χ4v) is 2.78. The van der Waals surface area contributed by atoms with Crippen LogP contribution in [0.15, 0.2) is 29.3 Å². The number of H-pyrrole nitrogens is 1. The number of hydrogen-bond acceptors (Lipinski definition) is 5. The molecule has 0 amide bonds. The number of aromatic hydroxyl groups is 1. The Kier molecular flexibility index (Phi) is 3.36. The predicted octanol–water partition coefficient (Wildman–Crippen LogP) is 0.923. The minimum absolute atomic E-state index is 0.0284. The number of nitrogens with one attached hydrogen (secondary N) is 2. The zero-order chi connectivity index (χ0) is 14.9. The number of aromatic amines is 1. The Bertz CT molecular complexity index is 766. The van der Waals surface area contributed by atoms with Gasteiger partial charge in [-0.15, -0.1) is 0 Å². The van der Waals surface area contributed by atoms with Crippen molar-refractivity contribution in [1.82, 2.24) is 10.2 Å². The summed E-state index contributed by atoms with van der Waals surface area (Å²) in [6.07, 6.45) is 1.16. The van der Waals surface area contributed by atoms with Gasteiger partial charge in [0, 0.05) is 6.07 Å².